The number of aliphatic carboxylic acids is 1. The average molecular weight is 447 g/mol. The van der Waals surface area contributed by atoms with Crippen molar-refractivity contribution < 1.29 is 23.9 Å². The number of rotatable bonds is 4. The first-order valence-corrected chi connectivity index (χ1v) is 9.10. The van der Waals surface area contributed by atoms with Gasteiger partial charge in [0.25, 0.3) is 0 Å². The van der Waals surface area contributed by atoms with Crippen molar-refractivity contribution in [3.63, 3.8) is 0 Å². The van der Waals surface area contributed by atoms with Crippen LogP contribution in [-0.2, 0) is 9.59 Å². The molecule has 1 heterocycles. The van der Waals surface area contributed by atoms with Crippen LogP contribution in [0, 0.1) is 12.7 Å². The Morgan fingerprint density at radius 1 is 1.25 bits per heavy atom. The highest BCUT2D eigenvalue weighted by molar-refractivity contribution is 9.10. The first-order chi connectivity index (χ1) is 13.2. The van der Waals surface area contributed by atoms with Gasteiger partial charge in [-0.15, -0.1) is 0 Å². The van der Waals surface area contributed by atoms with Crippen LogP contribution in [0.5, 0.6) is 0 Å². The Morgan fingerprint density at radius 2 is 1.89 bits per heavy atom. The molecule has 6 nitrogen and oxygen atoms in total. The zero-order valence-electron chi connectivity index (χ0n) is 14.8. The number of primary amides is 1. The fraction of sp³-hybridized carbons (Fsp3) is 0.150. The molecule has 1 aliphatic heterocycles. The number of carboxylic acid groups (broad SMARTS) is 1. The fourth-order valence-electron chi connectivity index (χ4n) is 3.20. The van der Waals surface area contributed by atoms with Crippen LogP contribution in [0.25, 0.3) is 0 Å². The highest BCUT2D eigenvalue weighted by Crippen LogP contribution is 2.37. The normalized spacial score (nSPS) is 16.7. The molecule has 2 amide bonds. The average Bonchev–Trinajstić information content (AvgIpc) is 2.63. The summed E-state index contributed by atoms with van der Waals surface area (Å²) in [5.41, 5.74) is 7.18. The molecule has 8 heteroatoms. The molecule has 2 aromatic carbocycles. The molecule has 1 aliphatic rings. The standard InChI is InChI=1S/C20H16BrFN2O4/c1-10-6-14(19(23)26)16(21)8-17(10)24-9-15(20(27)28)13(7-18(24)25)11-2-4-12(22)5-3-11/h2-6,8-9,13H,7H2,1H3,(H2,23,26)(H,27,28). The molecule has 3 N–H and O–H groups in total. The van der Waals surface area contributed by atoms with Crippen LogP contribution in [0.15, 0.2) is 52.6 Å². The van der Waals surface area contributed by atoms with Gasteiger partial charge in [-0.1, -0.05) is 12.1 Å². The number of amides is 2. The first-order valence-electron chi connectivity index (χ1n) is 8.31. The van der Waals surface area contributed by atoms with Crippen molar-refractivity contribution in [2.75, 3.05) is 4.90 Å². The summed E-state index contributed by atoms with van der Waals surface area (Å²) in [6.07, 6.45) is 1.19. The maximum absolute atomic E-state index is 13.2. The van der Waals surface area contributed by atoms with Gasteiger partial charge in [0.1, 0.15) is 5.82 Å². The van der Waals surface area contributed by atoms with Crippen LogP contribution >= 0.6 is 15.9 Å². The van der Waals surface area contributed by atoms with Crippen molar-refractivity contribution in [2.45, 2.75) is 19.3 Å². The molecule has 28 heavy (non-hydrogen) atoms. The number of anilines is 1. The number of nitrogens with zero attached hydrogens (tertiary/aromatic N) is 1. The Labute approximate surface area is 168 Å². The molecule has 0 spiro atoms. The van der Waals surface area contributed by atoms with E-state index in [1.54, 1.807) is 13.0 Å². The lowest BCUT2D eigenvalue weighted by atomic mass is 9.85. The van der Waals surface area contributed by atoms with Crippen molar-refractivity contribution >= 4 is 39.4 Å². The Kier molecular flexibility index (Phi) is 5.33. The molecule has 0 saturated heterocycles. The summed E-state index contributed by atoms with van der Waals surface area (Å²) in [6, 6.07) is 8.51. The second kappa shape index (κ2) is 7.55. The van der Waals surface area contributed by atoms with E-state index in [4.69, 9.17) is 5.73 Å². The van der Waals surface area contributed by atoms with Crippen molar-refractivity contribution in [2.24, 2.45) is 5.73 Å². The van der Waals surface area contributed by atoms with E-state index in [2.05, 4.69) is 15.9 Å². The summed E-state index contributed by atoms with van der Waals surface area (Å²) in [6.45, 7) is 1.70. The van der Waals surface area contributed by atoms with Crippen LogP contribution < -0.4 is 10.6 Å². The molecule has 2 aromatic rings. The molecule has 1 unspecified atom stereocenters. The molecule has 0 aliphatic carbocycles. The molecule has 0 fully saturated rings. The molecule has 3 rings (SSSR count). The zero-order valence-corrected chi connectivity index (χ0v) is 16.4. The van der Waals surface area contributed by atoms with Gasteiger partial charge in [0, 0.05) is 23.0 Å². The molecule has 1 atom stereocenters. The number of aryl methyl sites for hydroxylation is 1. The number of hydrogen-bond acceptors (Lipinski definition) is 3. The molecule has 0 radical (unpaired) electrons. The fourth-order valence-corrected chi connectivity index (χ4v) is 3.73. The van der Waals surface area contributed by atoms with E-state index in [0.717, 1.165) is 0 Å². The number of hydrogen-bond donors (Lipinski definition) is 2. The third-order valence-electron chi connectivity index (χ3n) is 4.62. The minimum absolute atomic E-state index is 0.0145. The number of halogens is 2. The second-order valence-electron chi connectivity index (χ2n) is 6.44. The molecular formula is C20H16BrFN2O4. The summed E-state index contributed by atoms with van der Waals surface area (Å²) < 4.78 is 13.6. The topological polar surface area (TPSA) is 101 Å². The van der Waals surface area contributed by atoms with Crippen LogP contribution in [0.2, 0.25) is 0 Å². The lowest BCUT2D eigenvalue weighted by Gasteiger charge is -2.30. The van der Waals surface area contributed by atoms with Crippen molar-refractivity contribution in [1.82, 2.24) is 0 Å². The number of carbonyl (C=O) groups is 3. The van der Waals surface area contributed by atoms with Gasteiger partial charge >= 0.3 is 5.97 Å². The highest BCUT2D eigenvalue weighted by Gasteiger charge is 2.33. The SMILES string of the molecule is Cc1cc(C(N)=O)c(Br)cc1N1C=C(C(=O)O)C(c2ccc(F)cc2)CC1=O. The van der Waals surface area contributed by atoms with Crippen molar-refractivity contribution in [3.05, 3.63) is 75.2 Å². The van der Waals surface area contributed by atoms with Crippen molar-refractivity contribution in [3.8, 4) is 0 Å². The van der Waals surface area contributed by atoms with E-state index in [9.17, 15) is 23.9 Å². The van der Waals surface area contributed by atoms with E-state index in [0.29, 0.717) is 21.3 Å². The summed E-state index contributed by atoms with van der Waals surface area (Å²) in [5.74, 6) is -3.23. The molecule has 0 aromatic heterocycles. The number of carboxylic acids is 1. The third kappa shape index (κ3) is 3.68. The van der Waals surface area contributed by atoms with Gasteiger partial charge in [0.2, 0.25) is 11.8 Å². The van der Waals surface area contributed by atoms with Gasteiger partial charge in [0.05, 0.1) is 16.8 Å². The summed E-state index contributed by atoms with van der Waals surface area (Å²) >= 11 is 3.26. The summed E-state index contributed by atoms with van der Waals surface area (Å²) in [5, 5.41) is 9.67. The monoisotopic (exact) mass is 446 g/mol. The molecule has 0 saturated carbocycles. The maximum Gasteiger partial charge on any atom is 0.333 e. The first kappa shape index (κ1) is 19.8. The van der Waals surface area contributed by atoms with Gasteiger partial charge in [0.15, 0.2) is 0 Å². The highest BCUT2D eigenvalue weighted by atomic mass is 79.9. The number of carbonyl (C=O) groups excluding carboxylic acids is 2. The van der Waals surface area contributed by atoms with Crippen molar-refractivity contribution in [1.29, 1.82) is 0 Å². The minimum atomic E-state index is -1.17. The van der Waals surface area contributed by atoms with E-state index < -0.39 is 23.6 Å². The number of benzene rings is 2. The van der Waals surface area contributed by atoms with E-state index in [-0.39, 0.29) is 23.5 Å². The minimum Gasteiger partial charge on any atom is -0.478 e. The Hall–Kier alpha value is -3.00. The molecule has 0 bridgehead atoms. The van der Waals surface area contributed by atoms with Gasteiger partial charge in [-0.3, -0.25) is 14.5 Å². The van der Waals surface area contributed by atoms with Crippen LogP contribution in [-0.4, -0.2) is 22.9 Å². The van der Waals surface area contributed by atoms with Crippen LogP contribution in [0.1, 0.15) is 33.8 Å². The Balaban J connectivity index is 2.08. The quantitative estimate of drug-likeness (QED) is 0.750. The Bertz CT molecular complexity index is 1020. The van der Waals surface area contributed by atoms with Crippen LogP contribution in [0.4, 0.5) is 10.1 Å². The van der Waals surface area contributed by atoms with E-state index in [1.165, 1.54) is 41.4 Å². The van der Waals surface area contributed by atoms with Gasteiger partial charge in [-0.05, 0) is 58.2 Å². The zero-order chi connectivity index (χ0) is 20.6. The lowest BCUT2D eigenvalue weighted by Crippen LogP contribution is -2.34. The summed E-state index contributed by atoms with van der Waals surface area (Å²) in [4.78, 5) is 37.4. The number of nitrogens with two attached hydrogens (primary N) is 1. The lowest BCUT2D eigenvalue weighted by molar-refractivity contribution is -0.133. The third-order valence-corrected chi connectivity index (χ3v) is 5.28. The molecule has 144 valence electrons. The summed E-state index contributed by atoms with van der Waals surface area (Å²) in [7, 11) is 0. The van der Waals surface area contributed by atoms with E-state index >= 15 is 0 Å². The van der Waals surface area contributed by atoms with Crippen LogP contribution in [0.3, 0.4) is 0 Å². The smallest absolute Gasteiger partial charge is 0.333 e. The predicted octanol–water partition coefficient (Wildman–Crippen LogP) is 3.48. The van der Waals surface area contributed by atoms with E-state index in [1.807, 2.05) is 0 Å². The molecular weight excluding hydrogens is 431 g/mol. The predicted molar refractivity (Wildman–Crippen MR) is 104 cm³/mol. The largest absolute Gasteiger partial charge is 0.478 e. The van der Waals surface area contributed by atoms with Gasteiger partial charge < -0.3 is 10.8 Å². The van der Waals surface area contributed by atoms with Gasteiger partial charge in [-0.2, -0.15) is 0 Å². The van der Waals surface area contributed by atoms with Gasteiger partial charge in [-0.25, -0.2) is 9.18 Å². The second-order valence-corrected chi connectivity index (χ2v) is 7.30. The maximum atomic E-state index is 13.2. The Morgan fingerprint density at radius 3 is 2.46 bits per heavy atom.